The lowest BCUT2D eigenvalue weighted by molar-refractivity contribution is 0.0848. The fourth-order valence-electron chi connectivity index (χ4n) is 3.86. The zero-order valence-corrected chi connectivity index (χ0v) is 14.6. The number of nitrogens with one attached hydrogen (secondary N) is 1. The minimum absolute atomic E-state index is 0.369. The van der Waals surface area contributed by atoms with Gasteiger partial charge in [0.25, 0.3) is 0 Å². The highest BCUT2D eigenvalue weighted by atomic mass is 16.3. The van der Waals surface area contributed by atoms with Gasteiger partial charge in [-0.25, -0.2) is 4.98 Å². The van der Waals surface area contributed by atoms with Gasteiger partial charge in [0.1, 0.15) is 5.82 Å². The van der Waals surface area contributed by atoms with Crippen LogP contribution in [0.5, 0.6) is 0 Å². The number of nitrogens with two attached hydrogens (primary N) is 1. The van der Waals surface area contributed by atoms with Gasteiger partial charge in [0.15, 0.2) is 0 Å². The molecule has 0 aliphatic heterocycles. The Balaban J connectivity index is 1.58. The monoisotopic (exact) mass is 349 g/mol. The number of aliphatic hydroxyl groups excluding tert-OH is 1. The van der Waals surface area contributed by atoms with Gasteiger partial charge < -0.3 is 15.8 Å². The van der Waals surface area contributed by atoms with E-state index in [4.69, 9.17) is 5.73 Å². The first-order valence-electron chi connectivity index (χ1n) is 9.20. The molecule has 26 heavy (non-hydrogen) atoms. The van der Waals surface area contributed by atoms with Crippen LogP contribution < -0.4 is 5.73 Å². The molecule has 0 radical (unpaired) electrons. The molecule has 1 unspecified atom stereocenters. The largest absolute Gasteiger partial charge is 0.388 e. The molecule has 4 N–H and O–H groups in total. The number of aromatic amines is 1. The predicted octanol–water partition coefficient (Wildman–Crippen LogP) is 3.94. The van der Waals surface area contributed by atoms with Crippen LogP contribution in [0, 0.1) is 5.92 Å². The van der Waals surface area contributed by atoms with Gasteiger partial charge in [0, 0.05) is 11.1 Å². The van der Waals surface area contributed by atoms with Gasteiger partial charge in [-0.2, -0.15) is 0 Å². The van der Waals surface area contributed by atoms with Gasteiger partial charge in [0.2, 0.25) is 5.91 Å². The van der Waals surface area contributed by atoms with Gasteiger partial charge in [-0.05, 0) is 42.5 Å². The third-order valence-electron chi connectivity index (χ3n) is 5.39. The summed E-state index contributed by atoms with van der Waals surface area (Å²) in [5.74, 6) is 0.650. The molecule has 3 aromatic rings. The molecule has 5 nitrogen and oxygen atoms in total. The molecule has 1 amide bonds. The Morgan fingerprint density at radius 1 is 1.12 bits per heavy atom. The molecule has 1 saturated carbocycles. The Hall–Kier alpha value is -2.66. The Labute approximate surface area is 152 Å². The summed E-state index contributed by atoms with van der Waals surface area (Å²) in [4.78, 5) is 19.1. The van der Waals surface area contributed by atoms with E-state index < -0.39 is 12.0 Å². The molecule has 1 fully saturated rings. The number of nitrogens with zero attached hydrogens (tertiary/aromatic N) is 1. The number of H-pyrrole nitrogens is 1. The van der Waals surface area contributed by atoms with Crippen molar-refractivity contribution < 1.29 is 9.90 Å². The number of fused-ring (bicyclic) bond motifs is 1. The maximum atomic E-state index is 11.3. The molecule has 1 heterocycles. The number of rotatable bonds is 4. The SMILES string of the molecule is NC(=O)c1ccc2nc(-c3ccc(C(O)C4CCCCC4)cc3)[nH]c2c1. The number of aliphatic hydroxyl groups is 1. The van der Waals surface area contributed by atoms with Crippen molar-refractivity contribution in [3.63, 3.8) is 0 Å². The fraction of sp³-hybridized carbons (Fsp3) is 0.333. The Kier molecular flexibility index (Phi) is 4.47. The molecule has 0 spiro atoms. The smallest absolute Gasteiger partial charge is 0.248 e. The van der Waals surface area contributed by atoms with Crippen LogP contribution in [-0.2, 0) is 0 Å². The highest BCUT2D eigenvalue weighted by Crippen LogP contribution is 2.34. The highest BCUT2D eigenvalue weighted by molar-refractivity contribution is 5.96. The van der Waals surface area contributed by atoms with E-state index in [0.717, 1.165) is 40.8 Å². The van der Waals surface area contributed by atoms with Crippen LogP contribution in [-0.4, -0.2) is 21.0 Å². The van der Waals surface area contributed by atoms with E-state index in [1.54, 1.807) is 18.2 Å². The maximum Gasteiger partial charge on any atom is 0.248 e. The van der Waals surface area contributed by atoms with Crippen molar-refractivity contribution in [1.82, 2.24) is 9.97 Å². The fourth-order valence-corrected chi connectivity index (χ4v) is 3.86. The van der Waals surface area contributed by atoms with Crippen LogP contribution >= 0.6 is 0 Å². The molecule has 4 rings (SSSR count). The summed E-state index contributed by atoms with van der Waals surface area (Å²) in [6.45, 7) is 0. The van der Waals surface area contributed by atoms with Crippen LogP contribution in [0.3, 0.4) is 0 Å². The maximum absolute atomic E-state index is 11.3. The lowest BCUT2D eigenvalue weighted by Crippen LogP contribution is -2.15. The summed E-state index contributed by atoms with van der Waals surface area (Å²) in [6.07, 6.45) is 5.53. The molecular weight excluding hydrogens is 326 g/mol. The first-order valence-corrected chi connectivity index (χ1v) is 9.20. The summed E-state index contributed by atoms with van der Waals surface area (Å²) in [6, 6.07) is 13.1. The van der Waals surface area contributed by atoms with Crippen molar-refractivity contribution in [2.24, 2.45) is 11.7 Å². The van der Waals surface area contributed by atoms with Crippen molar-refractivity contribution in [3.8, 4) is 11.4 Å². The van der Waals surface area contributed by atoms with Crippen molar-refractivity contribution in [1.29, 1.82) is 0 Å². The van der Waals surface area contributed by atoms with Crippen molar-refractivity contribution in [3.05, 3.63) is 53.6 Å². The van der Waals surface area contributed by atoms with Crippen LogP contribution in [0.4, 0.5) is 0 Å². The summed E-state index contributed by atoms with van der Waals surface area (Å²) in [7, 11) is 0. The van der Waals surface area contributed by atoms with Crippen molar-refractivity contribution >= 4 is 16.9 Å². The topological polar surface area (TPSA) is 92.0 Å². The highest BCUT2D eigenvalue weighted by Gasteiger charge is 2.23. The molecule has 2 aromatic carbocycles. The van der Waals surface area contributed by atoms with Gasteiger partial charge in [-0.1, -0.05) is 43.5 Å². The molecule has 1 aliphatic rings. The summed E-state index contributed by atoms with van der Waals surface area (Å²) >= 11 is 0. The number of hydrogen-bond donors (Lipinski definition) is 3. The number of amides is 1. The third-order valence-corrected chi connectivity index (χ3v) is 5.39. The van der Waals surface area contributed by atoms with Crippen LogP contribution in [0.15, 0.2) is 42.5 Å². The van der Waals surface area contributed by atoms with E-state index in [2.05, 4.69) is 9.97 Å². The van der Waals surface area contributed by atoms with E-state index >= 15 is 0 Å². The number of benzene rings is 2. The number of imidazole rings is 1. The van der Waals surface area contributed by atoms with Gasteiger partial charge in [-0.3, -0.25) is 4.79 Å². The third kappa shape index (κ3) is 3.22. The number of carbonyl (C=O) groups is 1. The molecular formula is C21H23N3O2. The average Bonchev–Trinajstić information content (AvgIpc) is 3.11. The first-order chi connectivity index (χ1) is 12.6. The lowest BCUT2D eigenvalue weighted by Gasteiger charge is -2.26. The van der Waals surface area contributed by atoms with Crippen LogP contribution in [0.1, 0.15) is 54.1 Å². The molecule has 134 valence electrons. The zero-order chi connectivity index (χ0) is 18.1. The number of aromatic nitrogens is 2. The van der Waals surface area contributed by atoms with E-state index in [-0.39, 0.29) is 0 Å². The lowest BCUT2D eigenvalue weighted by atomic mass is 9.82. The van der Waals surface area contributed by atoms with E-state index in [9.17, 15) is 9.90 Å². The first kappa shape index (κ1) is 16.8. The normalized spacial score (nSPS) is 16.7. The second-order valence-electron chi connectivity index (χ2n) is 7.15. The second-order valence-corrected chi connectivity index (χ2v) is 7.15. The van der Waals surface area contributed by atoms with E-state index in [0.29, 0.717) is 11.5 Å². The predicted molar refractivity (Wildman–Crippen MR) is 102 cm³/mol. The Morgan fingerprint density at radius 3 is 2.54 bits per heavy atom. The molecule has 0 saturated heterocycles. The second kappa shape index (κ2) is 6.92. The quantitative estimate of drug-likeness (QED) is 0.666. The van der Waals surface area contributed by atoms with Gasteiger partial charge >= 0.3 is 0 Å². The number of primary amides is 1. The van der Waals surface area contributed by atoms with E-state index in [1.165, 1.54) is 19.3 Å². The molecule has 1 atom stereocenters. The number of hydrogen-bond acceptors (Lipinski definition) is 3. The Morgan fingerprint density at radius 2 is 1.85 bits per heavy atom. The molecule has 1 aromatic heterocycles. The van der Waals surface area contributed by atoms with Crippen LogP contribution in [0.2, 0.25) is 0 Å². The molecule has 1 aliphatic carbocycles. The van der Waals surface area contributed by atoms with Crippen LogP contribution in [0.25, 0.3) is 22.4 Å². The van der Waals surface area contributed by atoms with E-state index in [1.807, 2.05) is 24.3 Å². The van der Waals surface area contributed by atoms with Crippen molar-refractivity contribution in [2.75, 3.05) is 0 Å². The summed E-state index contributed by atoms with van der Waals surface area (Å²) < 4.78 is 0. The number of carbonyl (C=O) groups excluding carboxylic acids is 1. The van der Waals surface area contributed by atoms with Crippen molar-refractivity contribution in [2.45, 2.75) is 38.2 Å². The zero-order valence-electron chi connectivity index (χ0n) is 14.6. The Bertz CT molecular complexity index is 924. The molecule has 0 bridgehead atoms. The average molecular weight is 349 g/mol. The summed E-state index contributed by atoms with van der Waals surface area (Å²) in [5, 5.41) is 10.6. The molecule has 5 heteroatoms. The van der Waals surface area contributed by atoms with Gasteiger partial charge in [-0.15, -0.1) is 0 Å². The standard InChI is InChI=1S/C21H23N3O2/c22-20(26)16-10-11-17-18(12-16)24-21(23-17)15-8-6-14(7-9-15)19(25)13-4-2-1-3-5-13/h6-13,19,25H,1-5H2,(H2,22,26)(H,23,24). The minimum Gasteiger partial charge on any atom is -0.388 e. The minimum atomic E-state index is -0.455. The van der Waals surface area contributed by atoms with Gasteiger partial charge in [0.05, 0.1) is 17.1 Å². The summed E-state index contributed by atoms with van der Waals surface area (Å²) in [5.41, 5.74) is 9.27.